The van der Waals surface area contributed by atoms with Gasteiger partial charge in [-0.2, -0.15) is 0 Å². The highest BCUT2D eigenvalue weighted by Crippen LogP contribution is 2.16. The summed E-state index contributed by atoms with van der Waals surface area (Å²) >= 11 is 0. The Morgan fingerprint density at radius 3 is 0.842 bits per heavy atom. The van der Waals surface area contributed by atoms with Crippen molar-refractivity contribution >= 4 is 17.9 Å². The molecule has 0 aromatic rings. The molecule has 1 unspecified atom stereocenters. The van der Waals surface area contributed by atoms with E-state index in [0.717, 1.165) is 116 Å². The topological polar surface area (TPSA) is 78.9 Å². The number of esters is 3. The molecule has 6 heteroatoms. The summed E-state index contributed by atoms with van der Waals surface area (Å²) in [6.45, 7) is 6.47. The highest BCUT2D eigenvalue weighted by molar-refractivity contribution is 5.71. The van der Waals surface area contributed by atoms with Gasteiger partial charge in [-0.3, -0.25) is 14.4 Å². The van der Waals surface area contributed by atoms with Crippen LogP contribution in [0.3, 0.4) is 0 Å². The Labute approximate surface area is 470 Å². The Bertz CT molecular complexity index is 1490. The minimum Gasteiger partial charge on any atom is -0.462 e. The fourth-order valence-corrected chi connectivity index (χ4v) is 8.97. The minimum absolute atomic E-state index is 0.0956. The van der Waals surface area contributed by atoms with E-state index >= 15 is 0 Å². The third kappa shape index (κ3) is 61.2. The van der Waals surface area contributed by atoms with E-state index in [1.54, 1.807) is 0 Å². The molecule has 0 aliphatic carbocycles. The molecule has 0 aliphatic rings. The summed E-state index contributed by atoms with van der Waals surface area (Å²) in [6, 6.07) is 0. The maximum atomic E-state index is 12.9. The molecule has 0 radical (unpaired) electrons. The zero-order chi connectivity index (χ0) is 55.0. The van der Waals surface area contributed by atoms with Crippen molar-refractivity contribution in [2.45, 2.75) is 316 Å². The van der Waals surface area contributed by atoms with E-state index in [-0.39, 0.29) is 31.1 Å². The van der Waals surface area contributed by atoms with Gasteiger partial charge in [0.05, 0.1) is 0 Å². The highest BCUT2D eigenvalue weighted by Gasteiger charge is 2.19. The summed E-state index contributed by atoms with van der Waals surface area (Å²) in [5.74, 6) is -0.944. The maximum Gasteiger partial charge on any atom is 0.306 e. The molecule has 0 N–H and O–H groups in total. The summed E-state index contributed by atoms with van der Waals surface area (Å²) in [6.07, 6.45) is 85.7. The Hall–Kier alpha value is -3.67. The molecular weight excluding hydrogens is 937 g/mol. The van der Waals surface area contributed by atoms with E-state index < -0.39 is 6.10 Å². The Morgan fingerprint density at radius 1 is 0.276 bits per heavy atom. The number of hydrogen-bond donors (Lipinski definition) is 0. The fourth-order valence-electron chi connectivity index (χ4n) is 8.97. The van der Waals surface area contributed by atoms with Crippen molar-refractivity contribution in [3.63, 3.8) is 0 Å². The van der Waals surface area contributed by atoms with E-state index in [4.69, 9.17) is 14.2 Å². The first-order chi connectivity index (χ1) is 37.5. The van der Waals surface area contributed by atoms with Gasteiger partial charge in [0.1, 0.15) is 13.2 Å². The normalized spacial score (nSPS) is 12.7. The summed E-state index contributed by atoms with van der Waals surface area (Å²) in [5, 5.41) is 0. The minimum atomic E-state index is -0.803. The van der Waals surface area contributed by atoms with Gasteiger partial charge < -0.3 is 14.2 Å². The van der Waals surface area contributed by atoms with Crippen molar-refractivity contribution in [2.75, 3.05) is 13.2 Å². The van der Waals surface area contributed by atoms with E-state index in [1.165, 1.54) is 154 Å². The first kappa shape index (κ1) is 72.3. The molecule has 0 fully saturated rings. The Morgan fingerprint density at radius 2 is 0.513 bits per heavy atom. The van der Waals surface area contributed by atoms with Crippen molar-refractivity contribution in [3.8, 4) is 0 Å². The van der Waals surface area contributed by atoms with Gasteiger partial charge in [-0.1, -0.05) is 266 Å². The van der Waals surface area contributed by atoms with Gasteiger partial charge in [-0.25, -0.2) is 0 Å². The molecule has 0 aromatic heterocycles. The quantitative estimate of drug-likeness (QED) is 0.0261. The summed E-state index contributed by atoms with van der Waals surface area (Å²) < 4.78 is 16.9. The lowest BCUT2D eigenvalue weighted by molar-refractivity contribution is -0.167. The molecule has 0 amide bonds. The molecule has 0 aliphatic heterocycles. The second-order valence-electron chi connectivity index (χ2n) is 21.3. The number of hydrogen-bond acceptors (Lipinski definition) is 6. The molecule has 76 heavy (non-hydrogen) atoms. The van der Waals surface area contributed by atoms with Crippen LogP contribution in [-0.2, 0) is 28.6 Å². The van der Waals surface area contributed by atoms with Gasteiger partial charge >= 0.3 is 17.9 Å². The third-order valence-corrected chi connectivity index (χ3v) is 13.8. The molecular formula is C70H120O6. The number of carbonyl (C=O) groups excluding carboxylic acids is 3. The number of allylic oxidation sites excluding steroid dienone is 16. The number of carbonyl (C=O) groups is 3. The van der Waals surface area contributed by atoms with Crippen molar-refractivity contribution in [2.24, 2.45) is 0 Å². The Kier molecular flexibility index (Phi) is 60.8. The van der Waals surface area contributed by atoms with Crippen molar-refractivity contribution < 1.29 is 28.6 Å². The fraction of sp³-hybridized carbons (Fsp3) is 0.729. The smallest absolute Gasteiger partial charge is 0.306 e. The average Bonchev–Trinajstić information content (AvgIpc) is 3.42. The van der Waals surface area contributed by atoms with Crippen LogP contribution in [0.25, 0.3) is 0 Å². The van der Waals surface area contributed by atoms with Crippen molar-refractivity contribution in [1.29, 1.82) is 0 Å². The standard InChI is InChI=1S/C70H120O6/c1-4-7-10-13-16-19-22-25-28-30-31-32-33-34-35-36-37-38-39-40-43-45-48-51-54-57-60-63-69(72)75-66-67(65-74-68(71)62-59-56-53-50-47-44-41-27-24-21-18-15-12-9-6-3)76-70(73)64-61-58-55-52-49-46-42-29-26-23-20-17-14-11-8-5-2/h9,12,18,20-23,25,27,29-31,41-42,47,50,67H,4-8,10-11,13-17,19,24,26,28,32-40,43-46,48-49,51-66H2,1-3H3/b12-9-,21-18-,23-20-,25-22-,31-30-,41-27-,42-29-,50-47-. The van der Waals surface area contributed by atoms with Crippen LogP contribution in [0.2, 0.25) is 0 Å². The Balaban J connectivity index is 4.32. The second-order valence-corrected chi connectivity index (χ2v) is 21.3. The molecule has 1 atom stereocenters. The third-order valence-electron chi connectivity index (χ3n) is 13.8. The van der Waals surface area contributed by atoms with Gasteiger partial charge in [0.15, 0.2) is 6.10 Å². The lowest BCUT2D eigenvalue weighted by Gasteiger charge is -2.18. The zero-order valence-electron chi connectivity index (χ0n) is 50.0. The van der Waals surface area contributed by atoms with E-state index in [0.29, 0.717) is 19.3 Å². The van der Waals surface area contributed by atoms with Crippen LogP contribution in [0.15, 0.2) is 97.2 Å². The molecule has 0 spiro atoms. The number of rotatable bonds is 58. The zero-order valence-corrected chi connectivity index (χ0v) is 50.0. The number of unbranched alkanes of at least 4 members (excludes halogenated alkanes) is 31. The largest absolute Gasteiger partial charge is 0.462 e. The van der Waals surface area contributed by atoms with Crippen LogP contribution >= 0.6 is 0 Å². The van der Waals surface area contributed by atoms with Gasteiger partial charge in [0.2, 0.25) is 0 Å². The van der Waals surface area contributed by atoms with Crippen LogP contribution in [0.1, 0.15) is 310 Å². The summed E-state index contributed by atoms with van der Waals surface area (Å²) in [7, 11) is 0. The van der Waals surface area contributed by atoms with Crippen LogP contribution < -0.4 is 0 Å². The van der Waals surface area contributed by atoms with E-state index in [1.807, 2.05) is 0 Å². The van der Waals surface area contributed by atoms with Gasteiger partial charge in [0.25, 0.3) is 0 Å². The second kappa shape index (κ2) is 63.9. The van der Waals surface area contributed by atoms with Crippen LogP contribution in [0.4, 0.5) is 0 Å². The molecule has 0 saturated heterocycles. The van der Waals surface area contributed by atoms with Gasteiger partial charge in [0, 0.05) is 19.3 Å². The summed E-state index contributed by atoms with van der Waals surface area (Å²) in [4.78, 5) is 38.3. The molecule has 6 nitrogen and oxygen atoms in total. The molecule has 0 rings (SSSR count). The predicted octanol–water partition coefficient (Wildman–Crippen LogP) is 22.0. The molecule has 0 aromatic carbocycles. The first-order valence-electron chi connectivity index (χ1n) is 32.2. The lowest BCUT2D eigenvalue weighted by Crippen LogP contribution is -2.30. The molecule has 0 heterocycles. The summed E-state index contributed by atoms with van der Waals surface area (Å²) in [5.41, 5.74) is 0. The molecule has 0 bridgehead atoms. The van der Waals surface area contributed by atoms with Crippen molar-refractivity contribution in [1.82, 2.24) is 0 Å². The van der Waals surface area contributed by atoms with Gasteiger partial charge in [-0.05, 0) is 122 Å². The molecule has 0 saturated carbocycles. The lowest BCUT2D eigenvalue weighted by atomic mass is 10.0. The average molecular weight is 1060 g/mol. The SMILES string of the molecule is CC/C=C\C/C=C\C/C=C\C/C=C\CCCCC(=O)OCC(COC(=O)CCCCCCCCCCCCCCCCC/C=C\C/C=C\CCCCCCC)OC(=O)CCCCCCC/C=C\C/C=C\CCCCCC. The van der Waals surface area contributed by atoms with E-state index in [2.05, 4.69) is 118 Å². The maximum absolute atomic E-state index is 12.9. The van der Waals surface area contributed by atoms with Crippen LogP contribution in [0, 0.1) is 0 Å². The van der Waals surface area contributed by atoms with E-state index in [9.17, 15) is 14.4 Å². The predicted molar refractivity (Wildman–Crippen MR) is 330 cm³/mol. The molecule has 436 valence electrons. The van der Waals surface area contributed by atoms with Crippen LogP contribution in [-0.4, -0.2) is 37.2 Å². The van der Waals surface area contributed by atoms with Crippen molar-refractivity contribution in [3.05, 3.63) is 97.2 Å². The number of ether oxygens (including phenoxy) is 3. The highest BCUT2D eigenvalue weighted by atomic mass is 16.6. The van der Waals surface area contributed by atoms with Crippen LogP contribution in [0.5, 0.6) is 0 Å². The monoisotopic (exact) mass is 1060 g/mol. The first-order valence-corrected chi connectivity index (χ1v) is 32.2. The van der Waals surface area contributed by atoms with Gasteiger partial charge in [-0.15, -0.1) is 0 Å².